The molecule has 0 atom stereocenters. The number of nitrogens with zero attached hydrogens (tertiary/aromatic N) is 1. The molecule has 0 amide bonds. The third kappa shape index (κ3) is 7.16. The summed E-state index contributed by atoms with van der Waals surface area (Å²) in [4.78, 5) is 4.30. The van der Waals surface area contributed by atoms with Crippen molar-refractivity contribution in [2.24, 2.45) is 4.99 Å². The largest absolute Gasteiger partial charge is 0.497 e. The van der Waals surface area contributed by atoms with Gasteiger partial charge in [-0.05, 0) is 42.5 Å². The van der Waals surface area contributed by atoms with Crippen LogP contribution in [0.1, 0.15) is 32.3 Å². The second-order valence-corrected chi connectivity index (χ2v) is 7.15. The molecule has 0 bridgehead atoms. The number of thioether (sulfide) groups is 1. The number of hydrogen-bond donors (Lipinski definition) is 2. The van der Waals surface area contributed by atoms with Crippen molar-refractivity contribution in [1.82, 2.24) is 10.6 Å². The van der Waals surface area contributed by atoms with E-state index in [2.05, 4.69) is 47.9 Å². The van der Waals surface area contributed by atoms with Crippen molar-refractivity contribution in [2.75, 3.05) is 39.3 Å². The number of rotatable bonds is 9. The average Bonchev–Trinajstić information content (AvgIpc) is 2.57. The summed E-state index contributed by atoms with van der Waals surface area (Å²) in [5, 5.41) is 6.81. The molecule has 0 saturated carbocycles. The summed E-state index contributed by atoms with van der Waals surface area (Å²) < 4.78 is 5.32. The van der Waals surface area contributed by atoms with Crippen LogP contribution in [0.5, 0.6) is 5.75 Å². The van der Waals surface area contributed by atoms with E-state index in [4.69, 9.17) is 4.74 Å². The van der Waals surface area contributed by atoms with Crippen LogP contribution in [0.25, 0.3) is 0 Å². The van der Waals surface area contributed by atoms with E-state index in [1.165, 1.54) is 24.2 Å². The summed E-state index contributed by atoms with van der Waals surface area (Å²) in [5.74, 6) is 2.98. The summed E-state index contributed by atoms with van der Waals surface area (Å²) in [5.41, 5.74) is 1.24. The number of aliphatic imine (C=N–C) groups is 1. The Morgan fingerprint density at radius 3 is 2.70 bits per heavy atom. The molecule has 0 saturated heterocycles. The third-order valence-corrected chi connectivity index (χ3v) is 4.54. The summed E-state index contributed by atoms with van der Waals surface area (Å²) in [6.45, 7) is 6.21. The van der Waals surface area contributed by atoms with Crippen LogP contribution in [0.4, 0.5) is 0 Å². The molecule has 2 N–H and O–H groups in total. The molecule has 1 rings (SSSR count). The Balaban J connectivity index is 2.49. The van der Waals surface area contributed by atoms with Gasteiger partial charge in [0.05, 0.1) is 7.11 Å². The number of ether oxygens (including phenoxy) is 1. The lowest BCUT2D eigenvalue weighted by atomic mass is 9.84. The SMILES string of the molecule is CN=C(NCCCCSC)NCC(C)(C)c1cccc(OC)c1. The van der Waals surface area contributed by atoms with Gasteiger partial charge in [-0.1, -0.05) is 26.0 Å². The molecular formula is C18H31N3OS. The van der Waals surface area contributed by atoms with Gasteiger partial charge in [0.25, 0.3) is 0 Å². The lowest BCUT2D eigenvalue weighted by Crippen LogP contribution is -2.43. The zero-order valence-corrected chi connectivity index (χ0v) is 15.9. The minimum atomic E-state index is -0.00892. The molecule has 0 heterocycles. The van der Waals surface area contributed by atoms with E-state index in [9.17, 15) is 0 Å². The Hall–Kier alpha value is -1.36. The predicted octanol–water partition coefficient (Wildman–Crippen LogP) is 3.28. The van der Waals surface area contributed by atoms with Gasteiger partial charge in [-0.15, -0.1) is 0 Å². The topological polar surface area (TPSA) is 45.7 Å². The maximum absolute atomic E-state index is 5.32. The Kier molecular flexibility index (Phi) is 8.92. The highest BCUT2D eigenvalue weighted by molar-refractivity contribution is 7.98. The summed E-state index contributed by atoms with van der Waals surface area (Å²) in [6.07, 6.45) is 4.55. The highest BCUT2D eigenvalue weighted by Crippen LogP contribution is 2.25. The Morgan fingerprint density at radius 2 is 2.04 bits per heavy atom. The number of methoxy groups -OCH3 is 1. The van der Waals surface area contributed by atoms with Gasteiger partial charge in [-0.2, -0.15) is 11.8 Å². The lowest BCUT2D eigenvalue weighted by molar-refractivity contribution is 0.411. The van der Waals surface area contributed by atoms with Crippen LogP contribution < -0.4 is 15.4 Å². The number of guanidine groups is 1. The fraction of sp³-hybridized carbons (Fsp3) is 0.611. The number of unbranched alkanes of at least 4 members (excludes halogenated alkanes) is 1. The van der Waals surface area contributed by atoms with E-state index in [1.54, 1.807) is 7.11 Å². The van der Waals surface area contributed by atoms with E-state index in [-0.39, 0.29) is 5.41 Å². The van der Waals surface area contributed by atoms with Crippen molar-refractivity contribution in [3.05, 3.63) is 29.8 Å². The quantitative estimate of drug-likeness (QED) is 0.412. The van der Waals surface area contributed by atoms with Crippen LogP contribution >= 0.6 is 11.8 Å². The van der Waals surface area contributed by atoms with Crippen molar-refractivity contribution >= 4 is 17.7 Å². The molecule has 0 aliphatic rings. The molecule has 130 valence electrons. The summed E-state index contributed by atoms with van der Waals surface area (Å²) in [7, 11) is 3.52. The molecule has 0 unspecified atom stereocenters. The first-order valence-corrected chi connectivity index (χ1v) is 9.51. The van der Waals surface area contributed by atoms with Crippen molar-refractivity contribution in [1.29, 1.82) is 0 Å². The Labute approximate surface area is 145 Å². The van der Waals surface area contributed by atoms with Gasteiger partial charge < -0.3 is 15.4 Å². The first-order valence-electron chi connectivity index (χ1n) is 8.11. The Bertz CT molecular complexity index is 489. The number of nitrogens with one attached hydrogen (secondary N) is 2. The van der Waals surface area contributed by atoms with E-state index >= 15 is 0 Å². The average molecular weight is 338 g/mol. The molecule has 1 aromatic rings. The third-order valence-electron chi connectivity index (χ3n) is 3.84. The molecule has 5 heteroatoms. The molecule has 23 heavy (non-hydrogen) atoms. The normalized spacial score (nSPS) is 12.1. The van der Waals surface area contributed by atoms with Gasteiger partial charge in [0.1, 0.15) is 5.75 Å². The monoisotopic (exact) mass is 337 g/mol. The van der Waals surface area contributed by atoms with Gasteiger partial charge in [0.15, 0.2) is 5.96 Å². The minimum absolute atomic E-state index is 0.00892. The van der Waals surface area contributed by atoms with Crippen LogP contribution in [0, 0.1) is 0 Å². The molecule has 4 nitrogen and oxygen atoms in total. The zero-order valence-electron chi connectivity index (χ0n) is 15.1. The van der Waals surface area contributed by atoms with Gasteiger partial charge in [-0.25, -0.2) is 0 Å². The first-order chi connectivity index (χ1) is 11.0. The zero-order chi connectivity index (χ0) is 17.1. The number of hydrogen-bond acceptors (Lipinski definition) is 3. The summed E-state index contributed by atoms with van der Waals surface area (Å²) >= 11 is 1.90. The standard InChI is InChI=1S/C18H31N3OS/c1-18(2,15-9-8-10-16(13-15)22-4)14-21-17(19-3)20-11-6-7-12-23-5/h8-10,13H,6-7,11-12,14H2,1-5H3,(H2,19,20,21). The predicted molar refractivity (Wildman–Crippen MR) is 103 cm³/mol. The van der Waals surface area contributed by atoms with Crippen LogP contribution in [0.15, 0.2) is 29.3 Å². The molecule has 1 aromatic carbocycles. The fourth-order valence-corrected chi connectivity index (χ4v) is 2.74. The van der Waals surface area contributed by atoms with E-state index in [0.29, 0.717) is 0 Å². The maximum atomic E-state index is 5.32. The van der Waals surface area contributed by atoms with Crippen LogP contribution in [0.3, 0.4) is 0 Å². The van der Waals surface area contributed by atoms with Gasteiger partial charge in [0, 0.05) is 25.6 Å². The van der Waals surface area contributed by atoms with Crippen LogP contribution in [0.2, 0.25) is 0 Å². The minimum Gasteiger partial charge on any atom is -0.497 e. The van der Waals surface area contributed by atoms with Crippen molar-refractivity contribution in [3.8, 4) is 5.75 Å². The van der Waals surface area contributed by atoms with Gasteiger partial charge >= 0.3 is 0 Å². The summed E-state index contributed by atoms with van der Waals surface area (Å²) in [6, 6.07) is 8.25. The maximum Gasteiger partial charge on any atom is 0.191 e. The molecule has 0 aliphatic heterocycles. The second-order valence-electron chi connectivity index (χ2n) is 6.17. The highest BCUT2D eigenvalue weighted by Gasteiger charge is 2.21. The van der Waals surface area contributed by atoms with Crippen LogP contribution in [-0.2, 0) is 5.41 Å². The molecule has 0 radical (unpaired) electrons. The van der Waals surface area contributed by atoms with Crippen LogP contribution in [-0.4, -0.2) is 45.2 Å². The molecule has 0 aliphatic carbocycles. The van der Waals surface area contributed by atoms with Gasteiger partial charge in [0.2, 0.25) is 0 Å². The van der Waals surface area contributed by atoms with E-state index in [1.807, 2.05) is 30.9 Å². The second kappa shape index (κ2) is 10.4. The van der Waals surface area contributed by atoms with Crippen molar-refractivity contribution < 1.29 is 4.74 Å². The smallest absolute Gasteiger partial charge is 0.191 e. The molecule has 0 aromatic heterocycles. The number of benzene rings is 1. The Morgan fingerprint density at radius 1 is 1.26 bits per heavy atom. The molecule has 0 fully saturated rings. The van der Waals surface area contributed by atoms with E-state index < -0.39 is 0 Å². The molecule has 0 spiro atoms. The highest BCUT2D eigenvalue weighted by atomic mass is 32.2. The van der Waals surface area contributed by atoms with Crippen molar-refractivity contribution in [3.63, 3.8) is 0 Å². The van der Waals surface area contributed by atoms with E-state index in [0.717, 1.165) is 24.8 Å². The lowest BCUT2D eigenvalue weighted by Gasteiger charge is -2.27. The molecular weight excluding hydrogens is 306 g/mol. The first kappa shape index (κ1) is 19.7. The van der Waals surface area contributed by atoms with Gasteiger partial charge in [-0.3, -0.25) is 4.99 Å². The van der Waals surface area contributed by atoms with Crippen molar-refractivity contribution in [2.45, 2.75) is 32.1 Å². The fourth-order valence-electron chi connectivity index (χ4n) is 2.25.